The van der Waals surface area contributed by atoms with E-state index < -0.39 is 9.84 Å². The number of rotatable bonds is 5. The van der Waals surface area contributed by atoms with Gasteiger partial charge in [-0.1, -0.05) is 6.92 Å². The van der Waals surface area contributed by atoms with Crippen molar-refractivity contribution in [3.8, 4) is 0 Å². The van der Waals surface area contributed by atoms with E-state index in [-0.39, 0.29) is 10.9 Å². The first-order chi connectivity index (χ1) is 12.0. The van der Waals surface area contributed by atoms with Gasteiger partial charge in [-0.2, -0.15) is 0 Å². The Morgan fingerprint density at radius 2 is 2.16 bits per heavy atom. The fraction of sp³-hybridized carbons (Fsp3) is 0.471. The first kappa shape index (κ1) is 17.6. The number of aromatic nitrogens is 3. The fourth-order valence-electron chi connectivity index (χ4n) is 3.05. The zero-order valence-electron chi connectivity index (χ0n) is 14.5. The van der Waals surface area contributed by atoms with Crippen molar-refractivity contribution >= 4 is 21.5 Å². The second kappa shape index (κ2) is 7.35. The summed E-state index contributed by atoms with van der Waals surface area (Å²) in [5.74, 6) is 1.34. The summed E-state index contributed by atoms with van der Waals surface area (Å²) < 4.78 is 23.9. The van der Waals surface area contributed by atoms with Crippen molar-refractivity contribution in [1.82, 2.24) is 15.0 Å². The standard InChI is InChI=1S/C17H23N5O2S/c1-3-13-10-16(20-12-19-13)22-9-5-6-14(11-22)21-17-15(25(2,23)24)7-4-8-18-17/h4,7-8,10,12,14H,3,5-6,9,11H2,1-2H3,(H,18,21). The molecule has 134 valence electrons. The lowest BCUT2D eigenvalue weighted by Gasteiger charge is -2.34. The smallest absolute Gasteiger partial charge is 0.179 e. The lowest BCUT2D eigenvalue weighted by molar-refractivity contribution is 0.524. The molecule has 8 heteroatoms. The van der Waals surface area contributed by atoms with E-state index in [1.54, 1.807) is 24.7 Å². The van der Waals surface area contributed by atoms with Crippen LogP contribution in [0.3, 0.4) is 0 Å². The monoisotopic (exact) mass is 361 g/mol. The van der Waals surface area contributed by atoms with Crippen LogP contribution in [-0.4, -0.2) is 48.8 Å². The molecule has 0 radical (unpaired) electrons. The second-order valence-corrected chi connectivity index (χ2v) is 8.26. The molecule has 0 aliphatic carbocycles. The van der Waals surface area contributed by atoms with Crippen molar-refractivity contribution in [1.29, 1.82) is 0 Å². The summed E-state index contributed by atoms with van der Waals surface area (Å²) in [6, 6.07) is 5.36. The number of piperidine rings is 1. The highest BCUT2D eigenvalue weighted by atomic mass is 32.2. The van der Waals surface area contributed by atoms with Crippen molar-refractivity contribution < 1.29 is 8.42 Å². The Morgan fingerprint density at radius 1 is 1.32 bits per heavy atom. The summed E-state index contributed by atoms with van der Waals surface area (Å²) in [5, 5.41) is 3.31. The average Bonchev–Trinajstić information content (AvgIpc) is 2.61. The van der Waals surface area contributed by atoms with Gasteiger partial charge in [0.05, 0.1) is 0 Å². The van der Waals surface area contributed by atoms with E-state index in [0.29, 0.717) is 5.82 Å². The summed E-state index contributed by atoms with van der Waals surface area (Å²) in [6.45, 7) is 3.75. The van der Waals surface area contributed by atoms with Crippen LogP contribution in [0.2, 0.25) is 0 Å². The Balaban J connectivity index is 1.77. The zero-order valence-corrected chi connectivity index (χ0v) is 15.3. The predicted molar refractivity (Wildman–Crippen MR) is 97.6 cm³/mol. The molecule has 0 spiro atoms. The molecular formula is C17H23N5O2S. The van der Waals surface area contributed by atoms with E-state index >= 15 is 0 Å². The summed E-state index contributed by atoms with van der Waals surface area (Å²) in [6.07, 6.45) is 7.25. The molecule has 1 N–H and O–H groups in total. The minimum Gasteiger partial charge on any atom is -0.364 e. The molecule has 1 aliphatic rings. The fourth-order valence-corrected chi connectivity index (χ4v) is 3.84. The van der Waals surface area contributed by atoms with Gasteiger partial charge in [-0.15, -0.1) is 0 Å². The molecule has 2 aromatic rings. The molecule has 2 aromatic heterocycles. The topological polar surface area (TPSA) is 88.1 Å². The van der Waals surface area contributed by atoms with Crippen molar-refractivity contribution in [2.45, 2.75) is 37.1 Å². The van der Waals surface area contributed by atoms with E-state index in [2.05, 4.69) is 32.1 Å². The lowest BCUT2D eigenvalue weighted by atomic mass is 10.1. The predicted octanol–water partition coefficient (Wildman–Crippen LogP) is 1.92. The highest BCUT2D eigenvalue weighted by Gasteiger charge is 2.23. The Labute approximate surface area is 148 Å². The van der Waals surface area contributed by atoms with Gasteiger partial charge in [0.25, 0.3) is 0 Å². The second-order valence-electron chi connectivity index (χ2n) is 6.27. The SMILES string of the molecule is CCc1cc(N2CCCC(Nc3ncccc3S(C)(=O)=O)C2)ncn1. The van der Waals surface area contributed by atoms with Crippen LogP contribution in [0.15, 0.2) is 35.6 Å². The van der Waals surface area contributed by atoms with Gasteiger partial charge in [-0.25, -0.2) is 23.4 Å². The number of sulfone groups is 1. The van der Waals surface area contributed by atoms with Gasteiger partial charge >= 0.3 is 0 Å². The number of anilines is 2. The highest BCUT2D eigenvalue weighted by Crippen LogP contribution is 2.23. The molecule has 0 amide bonds. The van der Waals surface area contributed by atoms with Gasteiger partial charge in [-0.3, -0.25) is 0 Å². The summed E-state index contributed by atoms with van der Waals surface area (Å²) in [5.41, 5.74) is 1.02. The summed E-state index contributed by atoms with van der Waals surface area (Å²) in [4.78, 5) is 15.3. The molecule has 3 heterocycles. The van der Waals surface area contributed by atoms with E-state index in [0.717, 1.165) is 43.9 Å². The highest BCUT2D eigenvalue weighted by molar-refractivity contribution is 7.90. The van der Waals surface area contributed by atoms with Gasteiger partial charge in [0.2, 0.25) is 0 Å². The van der Waals surface area contributed by atoms with Crippen molar-refractivity contribution in [3.63, 3.8) is 0 Å². The molecule has 1 fully saturated rings. The normalized spacial score (nSPS) is 18.2. The van der Waals surface area contributed by atoms with E-state index in [1.165, 1.54) is 6.26 Å². The lowest BCUT2D eigenvalue weighted by Crippen LogP contribution is -2.43. The van der Waals surface area contributed by atoms with Crippen LogP contribution in [-0.2, 0) is 16.3 Å². The third-order valence-electron chi connectivity index (χ3n) is 4.33. The van der Waals surface area contributed by atoms with E-state index in [4.69, 9.17) is 0 Å². The molecule has 0 aromatic carbocycles. The van der Waals surface area contributed by atoms with Gasteiger partial charge in [0.1, 0.15) is 22.9 Å². The minimum absolute atomic E-state index is 0.115. The Bertz CT molecular complexity index is 840. The third kappa shape index (κ3) is 4.25. The maximum Gasteiger partial charge on any atom is 0.179 e. The molecule has 1 atom stereocenters. The van der Waals surface area contributed by atoms with Crippen LogP contribution in [0.1, 0.15) is 25.5 Å². The first-order valence-electron chi connectivity index (χ1n) is 8.45. The van der Waals surface area contributed by atoms with Crippen LogP contribution in [0, 0.1) is 0 Å². The van der Waals surface area contributed by atoms with Gasteiger partial charge < -0.3 is 10.2 Å². The third-order valence-corrected chi connectivity index (χ3v) is 5.46. The summed E-state index contributed by atoms with van der Waals surface area (Å²) >= 11 is 0. The van der Waals surface area contributed by atoms with Crippen molar-refractivity contribution in [2.75, 3.05) is 29.6 Å². The van der Waals surface area contributed by atoms with Crippen LogP contribution in [0.25, 0.3) is 0 Å². The minimum atomic E-state index is -3.32. The van der Waals surface area contributed by atoms with Gasteiger partial charge in [0.15, 0.2) is 9.84 Å². The van der Waals surface area contributed by atoms with Crippen molar-refractivity contribution in [2.24, 2.45) is 0 Å². The Kier molecular flexibility index (Phi) is 5.17. The Hall–Kier alpha value is -2.22. The van der Waals surface area contributed by atoms with Gasteiger partial charge in [0, 0.05) is 43.3 Å². The van der Waals surface area contributed by atoms with E-state index in [1.807, 2.05) is 6.07 Å². The number of hydrogen-bond acceptors (Lipinski definition) is 7. The van der Waals surface area contributed by atoms with Crippen LogP contribution < -0.4 is 10.2 Å². The Morgan fingerprint density at radius 3 is 2.92 bits per heavy atom. The molecule has 1 unspecified atom stereocenters. The van der Waals surface area contributed by atoms with E-state index in [9.17, 15) is 8.42 Å². The van der Waals surface area contributed by atoms with Crippen molar-refractivity contribution in [3.05, 3.63) is 36.4 Å². The number of nitrogens with one attached hydrogen (secondary N) is 1. The maximum absolute atomic E-state index is 11.9. The zero-order chi connectivity index (χ0) is 17.9. The molecule has 25 heavy (non-hydrogen) atoms. The quantitative estimate of drug-likeness (QED) is 0.870. The van der Waals surface area contributed by atoms with Crippen LogP contribution >= 0.6 is 0 Å². The molecule has 1 saturated heterocycles. The molecular weight excluding hydrogens is 338 g/mol. The molecule has 7 nitrogen and oxygen atoms in total. The number of pyridine rings is 1. The molecule has 1 aliphatic heterocycles. The molecule has 0 bridgehead atoms. The summed E-state index contributed by atoms with van der Waals surface area (Å²) in [7, 11) is -3.32. The number of hydrogen-bond donors (Lipinski definition) is 1. The van der Waals surface area contributed by atoms with Gasteiger partial charge in [-0.05, 0) is 31.4 Å². The number of aryl methyl sites for hydroxylation is 1. The van der Waals surface area contributed by atoms with Crippen LogP contribution in [0.4, 0.5) is 11.6 Å². The number of nitrogens with zero attached hydrogens (tertiary/aromatic N) is 4. The maximum atomic E-state index is 11.9. The molecule has 0 saturated carbocycles. The first-order valence-corrected chi connectivity index (χ1v) is 10.3. The molecule has 3 rings (SSSR count). The van der Waals surface area contributed by atoms with Crippen LogP contribution in [0.5, 0.6) is 0 Å². The largest absolute Gasteiger partial charge is 0.364 e. The average molecular weight is 361 g/mol.